The van der Waals surface area contributed by atoms with E-state index in [9.17, 15) is 9.18 Å². The van der Waals surface area contributed by atoms with Crippen molar-refractivity contribution < 1.29 is 13.9 Å². The minimum Gasteiger partial charge on any atom is -0.481 e. The van der Waals surface area contributed by atoms with Crippen LogP contribution in [0.15, 0.2) is 42.5 Å². The molecule has 3 nitrogen and oxygen atoms in total. The van der Waals surface area contributed by atoms with Gasteiger partial charge >= 0.3 is 0 Å². The van der Waals surface area contributed by atoms with E-state index in [2.05, 4.69) is 33.0 Å². The van der Waals surface area contributed by atoms with Crippen molar-refractivity contribution in [2.24, 2.45) is 0 Å². The minimum atomic E-state index is -0.689. The van der Waals surface area contributed by atoms with Gasteiger partial charge in [0.15, 0.2) is 6.10 Å². The van der Waals surface area contributed by atoms with Gasteiger partial charge in [0.25, 0.3) is 5.91 Å². The molecule has 25 heavy (non-hydrogen) atoms. The number of ether oxygens (including phenoxy) is 1. The van der Waals surface area contributed by atoms with Gasteiger partial charge < -0.3 is 10.1 Å². The van der Waals surface area contributed by atoms with E-state index >= 15 is 0 Å². The van der Waals surface area contributed by atoms with E-state index in [0.717, 1.165) is 16.8 Å². The maximum absolute atomic E-state index is 13.0. The third kappa shape index (κ3) is 4.81. The highest BCUT2D eigenvalue weighted by Crippen LogP contribution is 2.32. The van der Waals surface area contributed by atoms with E-state index in [1.54, 1.807) is 6.92 Å². The van der Waals surface area contributed by atoms with Crippen LogP contribution in [-0.4, -0.2) is 12.0 Å². The van der Waals surface area contributed by atoms with E-state index in [4.69, 9.17) is 4.74 Å². The predicted octanol–water partition coefficient (Wildman–Crippen LogP) is 5.48. The number of amides is 1. The lowest BCUT2D eigenvalue weighted by atomic mass is 9.92. The first-order chi connectivity index (χ1) is 11.8. The number of anilines is 1. The van der Waals surface area contributed by atoms with E-state index in [1.807, 2.05) is 18.2 Å². The molecule has 1 N–H and O–H groups in total. The maximum atomic E-state index is 13.0. The molecule has 2 aromatic carbocycles. The Morgan fingerprint density at radius 2 is 1.44 bits per heavy atom. The van der Waals surface area contributed by atoms with Crippen molar-refractivity contribution in [1.29, 1.82) is 0 Å². The van der Waals surface area contributed by atoms with Crippen LogP contribution < -0.4 is 10.1 Å². The highest BCUT2D eigenvalue weighted by Gasteiger charge is 2.20. The number of nitrogens with one attached hydrogen (secondary N) is 1. The first-order valence-electron chi connectivity index (χ1n) is 8.65. The fourth-order valence-electron chi connectivity index (χ4n) is 2.69. The molecule has 2 rings (SSSR count). The van der Waals surface area contributed by atoms with E-state index in [-0.39, 0.29) is 11.7 Å². The molecule has 4 heteroatoms. The van der Waals surface area contributed by atoms with Crippen LogP contribution in [0.5, 0.6) is 5.75 Å². The Kier molecular flexibility index (Phi) is 6.18. The molecule has 0 aliphatic heterocycles. The van der Waals surface area contributed by atoms with Gasteiger partial charge in [0.2, 0.25) is 0 Å². The summed E-state index contributed by atoms with van der Waals surface area (Å²) in [7, 11) is 0. The Hall–Kier alpha value is -2.36. The van der Waals surface area contributed by atoms with Gasteiger partial charge in [-0.05, 0) is 54.2 Å². The third-order valence-electron chi connectivity index (χ3n) is 4.12. The molecule has 1 amide bonds. The number of carbonyl (C=O) groups excluding carboxylic acids is 1. The summed E-state index contributed by atoms with van der Waals surface area (Å²) in [6.07, 6.45) is -0.689. The molecular weight excluding hydrogens is 317 g/mol. The Morgan fingerprint density at radius 3 is 1.92 bits per heavy atom. The van der Waals surface area contributed by atoms with Crippen LogP contribution in [0, 0.1) is 5.82 Å². The molecule has 0 spiro atoms. The smallest absolute Gasteiger partial charge is 0.265 e. The average Bonchev–Trinajstić information content (AvgIpc) is 2.56. The molecule has 0 aliphatic rings. The van der Waals surface area contributed by atoms with Crippen molar-refractivity contribution in [3.05, 3.63) is 59.4 Å². The van der Waals surface area contributed by atoms with Crippen LogP contribution in [-0.2, 0) is 4.79 Å². The summed E-state index contributed by atoms with van der Waals surface area (Å²) in [5.41, 5.74) is 3.08. The van der Waals surface area contributed by atoms with Crippen LogP contribution in [0.25, 0.3) is 0 Å². The second kappa shape index (κ2) is 8.15. The Morgan fingerprint density at radius 1 is 0.920 bits per heavy atom. The second-order valence-corrected chi connectivity index (χ2v) is 6.82. The number of hydrogen-bond acceptors (Lipinski definition) is 2. The Labute approximate surface area is 149 Å². The van der Waals surface area contributed by atoms with Crippen LogP contribution >= 0.6 is 0 Å². The van der Waals surface area contributed by atoms with Gasteiger partial charge in [0.1, 0.15) is 11.6 Å². The fraction of sp³-hybridized carbons (Fsp3) is 0.381. The summed E-state index contributed by atoms with van der Waals surface area (Å²) in [5, 5.41) is 3.04. The predicted molar refractivity (Wildman–Crippen MR) is 99.7 cm³/mol. The Balaban J connectivity index is 2.20. The number of benzene rings is 2. The molecule has 0 aliphatic carbocycles. The quantitative estimate of drug-likeness (QED) is 0.754. The molecule has 0 heterocycles. The molecule has 0 bridgehead atoms. The molecule has 0 unspecified atom stereocenters. The van der Waals surface area contributed by atoms with Crippen molar-refractivity contribution >= 4 is 11.6 Å². The van der Waals surface area contributed by atoms with E-state index < -0.39 is 6.10 Å². The van der Waals surface area contributed by atoms with E-state index in [0.29, 0.717) is 17.6 Å². The van der Waals surface area contributed by atoms with Crippen LogP contribution in [0.1, 0.15) is 57.6 Å². The van der Waals surface area contributed by atoms with Crippen molar-refractivity contribution in [2.75, 3.05) is 5.32 Å². The highest BCUT2D eigenvalue weighted by molar-refractivity contribution is 5.95. The molecule has 2 aromatic rings. The molecule has 0 saturated carbocycles. The van der Waals surface area contributed by atoms with Gasteiger partial charge in [-0.1, -0.05) is 45.9 Å². The summed E-state index contributed by atoms with van der Waals surface area (Å²) in [5.74, 6) is 0.492. The lowest BCUT2D eigenvalue weighted by Crippen LogP contribution is -2.31. The standard InChI is InChI=1S/C21H26FNO2/c1-13(2)18-7-6-8-19(14(3)4)20(18)23-21(24)15(5)25-17-11-9-16(22)10-12-17/h6-15H,1-5H3,(H,23,24)/t15-/m0/s1. The molecule has 134 valence electrons. The van der Waals surface area contributed by atoms with Gasteiger partial charge in [-0.25, -0.2) is 4.39 Å². The average molecular weight is 343 g/mol. The minimum absolute atomic E-state index is 0.223. The molecule has 0 fully saturated rings. The number of para-hydroxylation sites is 1. The van der Waals surface area contributed by atoms with Crippen molar-refractivity contribution in [1.82, 2.24) is 0 Å². The lowest BCUT2D eigenvalue weighted by Gasteiger charge is -2.22. The van der Waals surface area contributed by atoms with Gasteiger partial charge in [-0.3, -0.25) is 4.79 Å². The van der Waals surface area contributed by atoms with Gasteiger partial charge in [-0.2, -0.15) is 0 Å². The summed E-state index contributed by atoms with van der Waals surface area (Å²) in [4.78, 5) is 12.6. The van der Waals surface area contributed by atoms with Crippen LogP contribution in [0.4, 0.5) is 10.1 Å². The topological polar surface area (TPSA) is 38.3 Å². The van der Waals surface area contributed by atoms with E-state index in [1.165, 1.54) is 24.3 Å². The second-order valence-electron chi connectivity index (χ2n) is 6.82. The molecule has 0 saturated heterocycles. The van der Waals surface area contributed by atoms with Gasteiger partial charge in [0, 0.05) is 5.69 Å². The SMILES string of the molecule is CC(C)c1cccc(C(C)C)c1NC(=O)[C@H](C)Oc1ccc(F)cc1. The molecule has 1 atom stereocenters. The molecular formula is C21H26FNO2. The third-order valence-corrected chi connectivity index (χ3v) is 4.12. The van der Waals surface area contributed by atoms with Gasteiger partial charge in [0.05, 0.1) is 0 Å². The number of halogens is 1. The first-order valence-corrected chi connectivity index (χ1v) is 8.65. The van der Waals surface area contributed by atoms with Crippen molar-refractivity contribution in [3.63, 3.8) is 0 Å². The summed E-state index contributed by atoms with van der Waals surface area (Å²) >= 11 is 0. The number of rotatable bonds is 6. The maximum Gasteiger partial charge on any atom is 0.265 e. The zero-order valence-corrected chi connectivity index (χ0v) is 15.5. The fourth-order valence-corrected chi connectivity index (χ4v) is 2.69. The lowest BCUT2D eigenvalue weighted by molar-refractivity contribution is -0.122. The summed E-state index contributed by atoms with van der Waals surface area (Å²) in [6.45, 7) is 10.1. The zero-order valence-electron chi connectivity index (χ0n) is 15.5. The normalized spacial score (nSPS) is 12.3. The molecule has 0 aromatic heterocycles. The molecule has 0 radical (unpaired) electrons. The van der Waals surface area contributed by atoms with Crippen LogP contribution in [0.2, 0.25) is 0 Å². The summed E-state index contributed by atoms with van der Waals surface area (Å²) < 4.78 is 18.6. The van der Waals surface area contributed by atoms with Crippen molar-refractivity contribution in [3.8, 4) is 5.75 Å². The first kappa shape index (κ1) is 19.0. The highest BCUT2D eigenvalue weighted by atomic mass is 19.1. The van der Waals surface area contributed by atoms with Crippen LogP contribution in [0.3, 0.4) is 0 Å². The zero-order chi connectivity index (χ0) is 18.6. The number of carbonyl (C=O) groups is 1. The van der Waals surface area contributed by atoms with Crippen molar-refractivity contribution in [2.45, 2.75) is 52.6 Å². The number of hydrogen-bond donors (Lipinski definition) is 1. The monoisotopic (exact) mass is 343 g/mol. The van der Waals surface area contributed by atoms with Gasteiger partial charge in [-0.15, -0.1) is 0 Å². The Bertz CT molecular complexity index is 697. The summed E-state index contributed by atoms with van der Waals surface area (Å²) in [6, 6.07) is 11.8. The largest absolute Gasteiger partial charge is 0.481 e.